The zero-order valence-corrected chi connectivity index (χ0v) is 12.8. The SMILES string of the molecule is CCCCCCCCCC(=O)OC1CCN(CC)C1. The molecule has 1 heterocycles. The van der Waals surface area contributed by atoms with Gasteiger partial charge in [-0.15, -0.1) is 0 Å². The number of esters is 1. The van der Waals surface area contributed by atoms with Gasteiger partial charge in [-0.2, -0.15) is 0 Å². The smallest absolute Gasteiger partial charge is 0.306 e. The summed E-state index contributed by atoms with van der Waals surface area (Å²) in [6.07, 6.45) is 10.5. The molecule has 112 valence electrons. The van der Waals surface area contributed by atoms with Gasteiger partial charge in [0.05, 0.1) is 0 Å². The monoisotopic (exact) mass is 269 g/mol. The van der Waals surface area contributed by atoms with Crippen molar-refractivity contribution in [1.82, 2.24) is 4.90 Å². The Bertz CT molecular complexity index is 243. The maximum absolute atomic E-state index is 11.7. The molecule has 0 aromatic rings. The molecule has 0 amide bonds. The van der Waals surface area contributed by atoms with Crippen LogP contribution in [0.15, 0.2) is 0 Å². The zero-order chi connectivity index (χ0) is 13.9. The summed E-state index contributed by atoms with van der Waals surface area (Å²) in [6.45, 7) is 7.46. The number of carbonyl (C=O) groups is 1. The molecule has 1 rings (SSSR count). The van der Waals surface area contributed by atoms with Gasteiger partial charge in [0.25, 0.3) is 0 Å². The summed E-state index contributed by atoms with van der Waals surface area (Å²) in [4.78, 5) is 14.0. The number of likely N-dealkylation sites (N-methyl/N-ethyl adjacent to an activating group) is 1. The van der Waals surface area contributed by atoms with E-state index < -0.39 is 0 Å². The van der Waals surface area contributed by atoms with Gasteiger partial charge in [0.15, 0.2) is 0 Å². The molecule has 0 spiro atoms. The summed E-state index contributed by atoms with van der Waals surface area (Å²) in [6, 6.07) is 0. The Hall–Kier alpha value is -0.570. The van der Waals surface area contributed by atoms with Crippen LogP contribution in [0.1, 0.15) is 71.6 Å². The Kier molecular flexibility index (Phi) is 8.89. The fourth-order valence-electron chi connectivity index (χ4n) is 2.65. The largest absolute Gasteiger partial charge is 0.461 e. The molecule has 1 atom stereocenters. The van der Waals surface area contributed by atoms with Gasteiger partial charge in [0, 0.05) is 19.5 Å². The van der Waals surface area contributed by atoms with Crippen molar-refractivity contribution in [1.29, 1.82) is 0 Å². The second-order valence-corrected chi connectivity index (χ2v) is 5.67. The Labute approximate surface area is 118 Å². The first-order chi connectivity index (χ1) is 9.26. The van der Waals surface area contributed by atoms with Crippen molar-refractivity contribution < 1.29 is 9.53 Å². The van der Waals surface area contributed by atoms with Crippen LogP contribution in [0, 0.1) is 0 Å². The fourth-order valence-corrected chi connectivity index (χ4v) is 2.65. The molecule has 3 nitrogen and oxygen atoms in total. The molecule has 3 heteroatoms. The van der Waals surface area contributed by atoms with E-state index >= 15 is 0 Å². The lowest BCUT2D eigenvalue weighted by molar-refractivity contribution is -0.148. The summed E-state index contributed by atoms with van der Waals surface area (Å²) in [5.74, 6) is 0.0107. The lowest BCUT2D eigenvalue weighted by atomic mass is 10.1. The number of nitrogens with zero attached hydrogens (tertiary/aromatic N) is 1. The number of likely N-dealkylation sites (tertiary alicyclic amines) is 1. The topological polar surface area (TPSA) is 29.5 Å². The van der Waals surface area contributed by atoms with Crippen LogP contribution in [0.5, 0.6) is 0 Å². The normalized spacial score (nSPS) is 19.8. The lowest BCUT2D eigenvalue weighted by Gasteiger charge is -2.13. The van der Waals surface area contributed by atoms with Crippen LogP contribution in [-0.2, 0) is 9.53 Å². The maximum atomic E-state index is 11.7. The van der Waals surface area contributed by atoms with Crippen molar-refractivity contribution in [3.63, 3.8) is 0 Å². The van der Waals surface area contributed by atoms with Crippen LogP contribution in [0.3, 0.4) is 0 Å². The highest BCUT2D eigenvalue weighted by molar-refractivity contribution is 5.69. The van der Waals surface area contributed by atoms with Gasteiger partial charge in [-0.25, -0.2) is 0 Å². The minimum atomic E-state index is 0.0107. The average Bonchev–Trinajstić information content (AvgIpc) is 2.85. The first-order valence-corrected chi connectivity index (χ1v) is 8.18. The van der Waals surface area contributed by atoms with Crippen molar-refractivity contribution in [2.45, 2.75) is 77.7 Å². The summed E-state index contributed by atoms with van der Waals surface area (Å²) in [5, 5.41) is 0. The highest BCUT2D eigenvalue weighted by Crippen LogP contribution is 2.14. The second-order valence-electron chi connectivity index (χ2n) is 5.67. The van der Waals surface area contributed by atoms with Gasteiger partial charge in [0.2, 0.25) is 0 Å². The van der Waals surface area contributed by atoms with E-state index in [1.54, 1.807) is 0 Å². The van der Waals surface area contributed by atoms with Crippen LogP contribution in [-0.4, -0.2) is 36.6 Å². The molecule has 0 aromatic carbocycles. The second kappa shape index (κ2) is 10.2. The fraction of sp³-hybridized carbons (Fsp3) is 0.938. The van der Waals surface area contributed by atoms with Gasteiger partial charge < -0.3 is 4.74 Å². The molecule has 1 unspecified atom stereocenters. The van der Waals surface area contributed by atoms with Gasteiger partial charge in [-0.3, -0.25) is 9.69 Å². The number of hydrogen-bond donors (Lipinski definition) is 0. The van der Waals surface area contributed by atoms with Crippen LogP contribution in [0.4, 0.5) is 0 Å². The molecule has 1 fully saturated rings. The minimum absolute atomic E-state index is 0.0107. The van der Waals surface area contributed by atoms with E-state index in [9.17, 15) is 4.79 Å². The van der Waals surface area contributed by atoms with E-state index in [4.69, 9.17) is 4.74 Å². The van der Waals surface area contributed by atoms with E-state index in [-0.39, 0.29) is 12.1 Å². The van der Waals surface area contributed by atoms with E-state index in [0.717, 1.165) is 32.5 Å². The van der Waals surface area contributed by atoms with Crippen LogP contribution in [0.2, 0.25) is 0 Å². The van der Waals surface area contributed by atoms with Crippen molar-refractivity contribution in [2.24, 2.45) is 0 Å². The predicted molar refractivity (Wildman–Crippen MR) is 79.2 cm³/mol. The summed E-state index contributed by atoms with van der Waals surface area (Å²) >= 11 is 0. The molecule has 19 heavy (non-hydrogen) atoms. The zero-order valence-electron chi connectivity index (χ0n) is 12.8. The van der Waals surface area contributed by atoms with Crippen molar-refractivity contribution in [2.75, 3.05) is 19.6 Å². The van der Waals surface area contributed by atoms with Crippen LogP contribution in [0.25, 0.3) is 0 Å². The first kappa shape index (κ1) is 16.5. The molecule has 0 radical (unpaired) electrons. The predicted octanol–water partition coefficient (Wildman–Crippen LogP) is 3.76. The number of ether oxygens (including phenoxy) is 1. The molecule has 1 saturated heterocycles. The van der Waals surface area contributed by atoms with Gasteiger partial charge >= 0.3 is 5.97 Å². The highest BCUT2D eigenvalue weighted by atomic mass is 16.5. The third kappa shape index (κ3) is 7.56. The average molecular weight is 269 g/mol. The quantitative estimate of drug-likeness (QED) is 0.447. The molecule has 0 aliphatic carbocycles. The molecular formula is C16H31NO2. The molecule has 0 saturated carbocycles. The summed E-state index contributed by atoms with van der Waals surface area (Å²) in [5.41, 5.74) is 0. The van der Waals surface area contributed by atoms with E-state index in [2.05, 4.69) is 18.7 Å². The highest BCUT2D eigenvalue weighted by Gasteiger charge is 2.23. The van der Waals surface area contributed by atoms with Gasteiger partial charge in [-0.05, 0) is 19.4 Å². The van der Waals surface area contributed by atoms with Gasteiger partial charge in [-0.1, -0.05) is 52.4 Å². The Morgan fingerprint density at radius 1 is 1.11 bits per heavy atom. The molecule has 1 aliphatic rings. The summed E-state index contributed by atoms with van der Waals surface area (Å²) in [7, 11) is 0. The number of hydrogen-bond acceptors (Lipinski definition) is 3. The maximum Gasteiger partial charge on any atom is 0.306 e. The van der Waals surface area contributed by atoms with E-state index in [1.165, 1.54) is 38.5 Å². The van der Waals surface area contributed by atoms with E-state index in [1.807, 2.05) is 0 Å². The molecule has 1 aliphatic heterocycles. The Morgan fingerprint density at radius 2 is 1.79 bits per heavy atom. The standard InChI is InChI=1S/C16H31NO2/c1-3-5-6-7-8-9-10-11-16(18)19-15-12-13-17(4-2)14-15/h15H,3-14H2,1-2H3. The lowest BCUT2D eigenvalue weighted by Crippen LogP contribution is -2.24. The van der Waals surface area contributed by atoms with E-state index in [0.29, 0.717) is 6.42 Å². The molecule has 0 aromatic heterocycles. The first-order valence-electron chi connectivity index (χ1n) is 8.18. The van der Waals surface area contributed by atoms with Crippen molar-refractivity contribution >= 4 is 5.97 Å². The Morgan fingerprint density at radius 3 is 2.42 bits per heavy atom. The van der Waals surface area contributed by atoms with Crippen molar-refractivity contribution in [3.05, 3.63) is 0 Å². The van der Waals surface area contributed by atoms with Crippen LogP contribution >= 0.6 is 0 Å². The van der Waals surface area contributed by atoms with Crippen LogP contribution < -0.4 is 0 Å². The Balaban J connectivity index is 1.94. The summed E-state index contributed by atoms with van der Waals surface area (Å²) < 4.78 is 5.51. The molecular weight excluding hydrogens is 238 g/mol. The molecule has 0 bridgehead atoms. The number of carbonyl (C=O) groups excluding carboxylic acids is 1. The number of unbranched alkanes of at least 4 members (excludes halogenated alkanes) is 6. The third-order valence-corrected chi connectivity index (χ3v) is 3.96. The molecule has 0 N–H and O–H groups in total. The third-order valence-electron chi connectivity index (χ3n) is 3.96. The van der Waals surface area contributed by atoms with Gasteiger partial charge in [0.1, 0.15) is 6.10 Å². The van der Waals surface area contributed by atoms with Crippen molar-refractivity contribution in [3.8, 4) is 0 Å². The number of rotatable bonds is 10. The minimum Gasteiger partial charge on any atom is -0.461 e.